The second kappa shape index (κ2) is 14.5. The summed E-state index contributed by atoms with van der Waals surface area (Å²) in [4.78, 5) is 0. The maximum Gasteiger partial charge on any atom is -0.0169 e. The molecule has 0 aliphatic carbocycles. The Hall–Kier alpha value is -0.520. The number of hydrogen-bond acceptors (Lipinski definition) is 0. The molecular weight excluding hydrogens is 216 g/mol. The normalized spacial score (nSPS) is 12.2. The van der Waals surface area contributed by atoms with Crippen molar-refractivity contribution in [1.29, 1.82) is 0 Å². The van der Waals surface area contributed by atoms with Gasteiger partial charge < -0.3 is 0 Å². The zero-order valence-corrected chi connectivity index (χ0v) is 13.0. The summed E-state index contributed by atoms with van der Waals surface area (Å²) in [5, 5.41) is 0. The summed E-state index contributed by atoms with van der Waals surface area (Å²) in [5.74, 6) is 0.883. The lowest BCUT2D eigenvalue weighted by Gasteiger charge is -2.03. The zero-order valence-electron chi connectivity index (χ0n) is 13.0. The van der Waals surface area contributed by atoms with Crippen LogP contribution in [0.15, 0.2) is 24.3 Å². The molecule has 0 radical (unpaired) electrons. The van der Waals surface area contributed by atoms with Crippen molar-refractivity contribution in [3.8, 4) is 0 Å². The van der Waals surface area contributed by atoms with E-state index >= 15 is 0 Å². The van der Waals surface area contributed by atoms with E-state index in [0.717, 1.165) is 12.3 Å². The summed E-state index contributed by atoms with van der Waals surface area (Å²) >= 11 is 0. The summed E-state index contributed by atoms with van der Waals surface area (Å²) in [6.45, 7) is 6.86. The van der Waals surface area contributed by atoms with Gasteiger partial charge in [-0.05, 0) is 31.6 Å². The van der Waals surface area contributed by atoms with Crippen molar-refractivity contribution in [2.75, 3.05) is 0 Å². The third kappa shape index (κ3) is 15.5. The lowest BCUT2D eigenvalue weighted by molar-refractivity contribution is 0.516. The van der Waals surface area contributed by atoms with Gasteiger partial charge in [-0.1, -0.05) is 83.6 Å². The van der Waals surface area contributed by atoms with Gasteiger partial charge in [-0.3, -0.25) is 0 Å². The van der Waals surface area contributed by atoms with Crippen molar-refractivity contribution in [1.82, 2.24) is 0 Å². The monoisotopic (exact) mass is 250 g/mol. The largest absolute Gasteiger partial charge is 0.0882 e. The first-order valence-corrected chi connectivity index (χ1v) is 8.07. The smallest absolute Gasteiger partial charge is 0.0169 e. The zero-order chi connectivity index (χ0) is 13.5. The van der Waals surface area contributed by atoms with Gasteiger partial charge in [0.15, 0.2) is 0 Å². The topological polar surface area (TPSA) is 0 Å². The van der Waals surface area contributed by atoms with Gasteiger partial charge in [0.25, 0.3) is 0 Å². The minimum absolute atomic E-state index is 0.883. The van der Waals surface area contributed by atoms with Crippen molar-refractivity contribution >= 4 is 0 Å². The van der Waals surface area contributed by atoms with Crippen LogP contribution in [0, 0.1) is 5.92 Å². The molecule has 0 amide bonds. The number of allylic oxidation sites excluding steroid dienone is 4. The minimum Gasteiger partial charge on any atom is -0.0882 e. The van der Waals surface area contributed by atoms with Crippen LogP contribution in [0.25, 0.3) is 0 Å². The molecule has 18 heavy (non-hydrogen) atoms. The second-order valence-electron chi connectivity index (χ2n) is 5.71. The van der Waals surface area contributed by atoms with E-state index in [1.165, 1.54) is 57.8 Å². The second-order valence-corrected chi connectivity index (χ2v) is 5.71. The van der Waals surface area contributed by atoms with E-state index in [1.807, 2.05) is 0 Å². The molecule has 0 fully saturated rings. The van der Waals surface area contributed by atoms with Crippen molar-refractivity contribution in [2.24, 2.45) is 5.92 Å². The molecule has 0 aromatic rings. The van der Waals surface area contributed by atoms with E-state index in [-0.39, 0.29) is 0 Å². The first kappa shape index (κ1) is 17.5. The Morgan fingerprint density at radius 1 is 0.722 bits per heavy atom. The summed E-state index contributed by atoms with van der Waals surface area (Å²) in [6, 6.07) is 0. The molecule has 0 bridgehead atoms. The fourth-order valence-corrected chi connectivity index (χ4v) is 2.02. The van der Waals surface area contributed by atoms with Crippen LogP contribution < -0.4 is 0 Å². The van der Waals surface area contributed by atoms with Crippen LogP contribution in [0.5, 0.6) is 0 Å². The highest BCUT2D eigenvalue weighted by molar-refractivity contribution is 4.92. The summed E-state index contributed by atoms with van der Waals surface area (Å²) in [5.41, 5.74) is 0. The average Bonchev–Trinajstić information content (AvgIpc) is 2.34. The fraction of sp³-hybridized carbons (Fsp3) is 0.778. The molecule has 0 saturated carbocycles. The Kier molecular flexibility index (Phi) is 14.1. The predicted molar refractivity (Wildman–Crippen MR) is 85.0 cm³/mol. The molecule has 0 heterocycles. The maximum absolute atomic E-state index is 2.35. The van der Waals surface area contributed by atoms with Crippen LogP contribution in [-0.2, 0) is 0 Å². The van der Waals surface area contributed by atoms with E-state index in [1.54, 1.807) is 0 Å². The molecule has 0 aromatic carbocycles. The number of hydrogen-bond donors (Lipinski definition) is 0. The van der Waals surface area contributed by atoms with Gasteiger partial charge in [-0.15, -0.1) is 0 Å². The molecule has 0 aromatic heterocycles. The van der Waals surface area contributed by atoms with E-state index < -0.39 is 0 Å². The lowest BCUT2D eigenvalue weighted by Crippen LogP contribution is -1.86. The van der Waals surface area contributed by atoms with E-state index in [2.05, 4.69) is 45.1 Å². The quantitative estimate of drug-likeness (QED) is 0.268. The molecular formula is C18H34. The number of rotatable bonds is 12. The molecule has 0 heteroatoms. The van der Waals surface area contributed by atoms with Crippen LogP contribution in [-0.4, -0.2) is 0 Å². The van der Waals surface area contributed by atoms with Gasteiger partial charge in [0.05, 0.1) is 0 Å². The third-order valence-electron chi connectivity index (χ3n) is 3.21. The Labute approximate surface area is 116 Å². The van der Waals surface area contributed by atoms with Crippen molar-refractivity contribution in [2.45, 2.75) is 85.0 Å². The van der Waals surface area contributed by atoms with E-state index in [9.17, 15) is 0 Å². The molecule has 0 rings (SSSR count). The van der Waals surface area contributed by atoms with Crippen molar-refractivity contribution < 1.29 is 0 Å². The first-order chi connectivity index (χ1) is 8.77. The molecule has 0 atom stereocenters. The minimum atomic E-state index is 0.883. The van der Waals surface area contributed by atoms with Crippen LogP contribution in [0.4, 0.5) is 0 Å². The number of unbranched alkanes of at least 4 members (excludes halogenated alkanes) is 6. The Bertz CT molecular complexity index is 198. The van der Waals surface area contributed by atoms with E-state index in [4.69, 9.17) is 0 Å². The molecule has 0 aliphatic heterocycles. The van der Waals surface area contributed by atoms with Crippen LogP contribution >= 0.6 is 0 Å². The Morgan fingerprint density at radius 2 is 1.33 bits per heavy atom. The van der Waals surface area contributed by atoms with Gasteiger partial charge in [0, 0.05) is 0 Å². The Morgan fingerprint density at radius 3 is 2.00 bits per heavy atom. The molecule has 0 N–H and O–H groups in total. The molecule has 0 nitrogen and oxygen atoms in total. The van der Waals surface area contributed by atoms with Gasteiger partial charge in [0.1, 0.15) is 0 Å². The highest BCUT2D eigenvalue weighted by Gasteiger charge is 1.93. The molecule has 0 unspecified atom stereocenters. The average molecular weight is 250 g/mol. The van der Waals surface area contributed by atoms with E-state index in [0.29, 0.717) is 0 Å². The summed E-state index contributed by atoms with van der Waals surface area (Å²) in [6.07, 6.45) is 22.6. The summed E-state index contributed by atoms with van der Waals surface area (Å²) in [7, 11) is 0. The highest BCUT2D eigenvalue weighted by atomic mass is 14.0. The van der Waals surface area contributed by atoms with Crippen LogP contribution in [0.1, 0.15) is 85.0 Å². The highest BCUT2D eigenvalue weighted by Crippen LogP contribution is 2.11. The predicted octanol–water partition coefficient (Wildman–Crippen LogP) is 6.68. The molecule has 0 saturated heterocycles. The van der Waals surface area contributed by atoms with Crippen LogP contribution in [0.3, 0.4) is 0 Å². The van der Waals surface area contributed by atoms with Gasteiger partial charge >= 0.3 is 0 Å². The first-order valence-electron chi connectivity index (χ1n) is 8.07. The van der Waals surface area contributed by atoms with Gasteiger partial charge in [0.2, 0.25) is 0 Å². The standard InChI is InChI=1S/C18H34/c1-4-5-6-7-8-9-10-11-12-13-14-15-16-17-18(2)3/h6-7,9-10,18H,4-5,8,11-17H2,1-3H3. The van der Waals surface area contributed by atoms with Gasteiger partial charge in [-0.2, -0.15) is 0 Å². The third-order valence-corrected chi connectivity index (χ3v) is 3.21. The van der Waals surface area contributed by atoms with Crippen molar-refractivity contribution in [3.63, 3.8) is 0 Å². The van der Waals surface area contributed by atoms with Crippen molar-refractivity contribution in [3.05, 3.63) is 24.3 Å². The van der Waals surface area contributed by atoms with Crippen LogP contribution in [0.2, 0.25) is 0 Å². The van der Waals surface area contributed by atoms with Gasteiger partial charge in [-0.25, -0.2) is 0 Å². The maximum atomic E-state index is 2.35. The Balaban J connectivity index is 3.13. The molecule has 106 valence electrons. The molecule has 0 aliphatic rings. The SMILES string of the molecule is CCCC=CCC=CCCCCCCCC(C)C. The fourth-order valence-electron chi connectivity index (χ4n) is 2.02. The molecule has 0 spiro atoms. The summed E-state index contributed by atoms with van der Waals surface area (Å²) < 4.78 is 0. The lowest BCUT2D eigenvalue weighted by atomic mass is 10.0.